The lowest BCUT2D eigenvalue weighted by Crippen LogP contribution is -2.22. The Morgan fingerprint density at radius 3 is 2.73 bits per heavy atom. The van der Waals surface area contributed by atoms with Crippen LogP contribution in [0.4, 0.5) is 0 Å². The second kappa shape index (κ2) is 4.84. The summed E-state index contributed by atoms with van der Waals surface area (Å²) in [6.45, 7) is 3.63. The van der Waals surface area contributed by atoms with Gasteiger partial charge in [-0.3, -0.25) is 0 Å². The first-order chi connectivity index (χ1) is 6.94. The van der Waals surface area contributed by atoms with Gasteiger partial charge in [0.15, 0.2) is 0 Å². The average Bonchev–Trinajstić information content (AvgIpc) is 2.57. The third-order valence-electron chi connectivity index (χ3n) is 2.53. The predicted molar refractivity (Wildman–Crippen MR) is 66.0 cm³/mol. The van der Waals surface area contributed by atoms with Crippen molar-refractivity contribution in [1.29, 1.82) is 5.26 Å². The molecule has 1 heterocycles. The summed E-state index contributed by atoms with van der Waals surface area (Å²) in [5, 5.41) is 19.1. The lowest BCUT2D eigenvalue weighted by atomic mass is 9.82. The number of thiophene rings is 1. The van der Waals surface area contributed by atoms with Gasteiger partial charge in [0, 0.05) is 9.35 Å². The molecule has 0 saturated carbocycles. The number of nitrogens with zero attached hydrogens (tertiary/aromatic N) is 1. The highest BCUT2D eigenvalue weighted by molar-refractivity contribution is 9.10. The van der Waals surface area contributed by atoms with Crippen LogP contribution < -0.4 is 0 Å². The Kier molecular flexibility index (Phi) is 4.19. The number of halogens is 2. The van der Waals surface area contributed by atoms with Crippen LogP contribution in [0.15, 0.2) is 10.5 Å². The summed E-state index contributed by atoms with van der Waals surface area (Å²) >= 11 is 10.5. The van der Waals surface area contributed by atoms with Crippen LogP contribution in [0.25, 0.3) is 0 Å². The van der Waals surface area contributed by atoms with Gasteiger partial charge in [-0.2, -0.15) is 5.26 Å². The van der Waals surface area contributed by atoms with Gasteiger partial charge in [-0.15, -0.1) is 11.3 Å². The summed E-state index contributed by atoms with van der Waals surface area (Å²) in [6, 6.07) is 3.92. The fourth-order valence-electron chi connectivity index (χ4n) is 1.15. The maximum absolute atomic E-state index is 10.1. The van der Waals surface area contributed by atoms with Crippen LogP contribution >= 0.6 is 38.9 Å². The molecular weight excluding hydrogens is 298 g/mol. The first kappa shape index (κ1) is 13.0. The molecule has 1 N–H and O–H groups in total. The highest BCUT2D eigenvalue weighted by Gasteiger charge is 2.33. The molecule has 0 amide bonds. The molecule has 0 saturated heterocycles. The zero-order valence-electron chi connectivity index (χ0n) is 8.42. The molecule has 2 nitrogen and oxygen atoms in total. The highest BCUT2D eigenvalue weighted by Crippen LogP contribution is 2.42. The van der Waals surface area contributed by atoms with E-state index in [1.54, 1.807) is 13.0 Å². The van der Waals surface area contributed by atoms with E-state index in [-0.39, 0.29) is 0 Å². The van der Waals surface area contributed by atoms with Crippen molar-refractivity contribution in [1.82, 2.24) is 0 Å². The average molecular weight is 309 g/mol. The molecule has 0 aliphatic carbocycles. The van der Waals surface area contributed by atoms with E-state index in [1.165, 1.54) is 11.3 Å². The maximum Gasteiger partial charge on any atom is 0.107 e. The molecule has 2 unspecified atom stereocenters. The van der Waals surface area contributed by atoms with Crippen molar-refractivity contribution >= 4 is 38.9 Å². The molecule has 5 heteroatoms. The molecular formula is C10H11BrClNOS. The highest BCUT2D eigenvalue weighted by atomic mass is 79.9. The summed E-state index contributed by atoms with van der Waals surface area (Å²) in [5.41, 5.74) is -0.756. The Hall–Kier alpha value is -0.0800. The Bertz CT molecular complexity index is 381. The van der Waals surface area contributed by atoms with Crippen molar-refractivity contribution in [3.8, 4) is 6.07 Å². The molecule has 82 valence electrons. The van der Waals surface area contributed by atoms with Crippen LogP contribution in [-0.2, 0) is 0 Å². The first-order valence-corrected chi connectivity index (χ1v) is 6.47. The van der Waals surface area contributed by atoms with Gasteiger partial charge in [0.1, 0.15) is 10.4 Å². The van der Waals surface area contributed by atoms with Crippen LogP contribution in [0.5, 0.6) is 0 Å². The van der Waals surface area contributed by atoms with Crippen LogP contribution in [0.1, 0.15) is 31.2 Å². The van der Waals surface area contributed by atoms with E-state index < -0.39 is 11.5 Å². The van der Waals surface area contributed by atoms with E-state index in [0.717, 1.165) is 9.35 Å². The summed E-state index contributed by atoms with van der Waals surface area (Å²) in [7, 11) is 0. The second-order valence-electron chi connectivity index (χ2n) is 3.56. The minimum absolute atomic E-state index is 0.595. The predicted octanol–water partition coefficient (Wildman–Crippen LogP) is 4.14. The topological polar surface area (TPSA) is 44.0 Å². The van der Waals surface area contributed by atoms with Crippen LogP contribution in [-0.4, -0.2) is 5.11 Å². The molecule has 1 rings (SSSR count). The molecule has 0 aliphatic rings. The third kappa shape index (κ3) is 2.54. The van der Waals surface area contributed by atoms with Gasteiger partial charge in [0.05, 0.1) is 11.5 Å². The molecule has 0 bridgehead atoms. The van der Waals surface area contributed by atoms with Gasteiger partial charge in [-0.1, -0.05) is 18.5 Å². The van der Waals surface area contributed by atoms with E-state index in [1.807, 2.05) is 6.92 Å². The van der Waals surface area contributed by atoms with Gasteiger partial charge in [-0.05, 0) is 35.3 Å². The molecule has 15 heavy (non-hydrogen) atoms. The first-order valence-electron chi connectivity index (χ1n) is 4.48. The van der Waals surface area contributed by atoms with Gasteiger partial charge >= 0.3 is 0 Å². The van der Waals surface area contributed by atoms with Crippen LogP contribution in [0.3, 0.4) is 0 Å². The van der Waals surface area contributed by atoms with Crippen molar-refractivity contribution < 1.29 is 5.11 Å². The fourth-order valence-corrected chi connectivity index (χ4v) is 3.02. The third-order valence-corrected chi connectivity index (χ3v) is 5.05. The van der Waals surface area contributed by atoms with E-state index in [9.17, 15) is 5.11 Å². The molecule has 1 aromatic rings. The van der Waals surface area contributed by atoms with Gasteiger partial charge in [0.25, 0.3) is 0 Å². The number of hydrogen-bond acceptors (Lipinski definition) is 3. The maximum atomic E-state index is 10.1. The number of aliphatic hydroxyl groups excluding tert-OH is 1. The molecule has 2 atom stereocenters. The number of hydrogen-bond donors (Lipinski definition) is 1. The standard InChI is InChI=1S/C10H11BrClNOS/c1-3-10(2,5-13)8(14)7-4-6(11)9(12)15-7/h4,8,14H,3H2,1-2H3. The summed E-state index contributed by atoms with van der Waals surface area (Å²) in [4.78, 5) is 0.720. The number of rotatable bonds is 3. The second-order valence-corrected chi connectivity index (χ2v) is 6.10. The van der Waals surface area contributed by atoms with Gasteiger partial charge in [-0.25, -0.2) is 0 Å². The molecule has 0 fully saturated rings. The van der Waals surface area contributed by atoms with Crippen molar-refractivity contribution in [2.45, 2.75) is 26.4 Å². The van der Waals surface area contributed by atoms with Crippen molar-refractivity contribution in [2.24, 2.45) is 5.41 Å². The largest absolute Gasteiger partial charge is 0.386 e. The Morgan fingerprint density at radius 2 is 2.40 bits per heavy atom. The molecule has 0 spiro atoms. The number of aliphatic hydroxyl groups is 1. The zero-order chi connectivity index (χ0) is 11.6. The lowest BCUT2D eigenvalue weighted by Gasteiger charge is -2.24. The Balaban J connectivity index is 3.04. The van der Waals surface area contributed by atoms with E-state index in [4.69, 9.17) is 16.9 Å². The van der Waals surface area contributed by atoms with Crippen LogP contribution in [0.2, 0.25) is 4.34 Å². The smallest absolute Gasteiger partial charge is 0.107 e. The molecule has 0 aromatic carbocycles. The van der Waals surface area contributed by atoms with Gasteiger partial charge < -0.3 is 5.11 Å². The molecule has 0 radical (unpaired) electrons. The van der Waals surface area contributed by atoms with Crippen LogP contribution in [0, 0.1) is 16.7 Å². The summed E-state index contributed by atoms with van der Waals surface area (Å²) < 4.78 is 1.36. The minimum Gasteiger partial charge on any atom is -0.386 e. The Morgan fingerprint density at radius 1 is 1.80 bits per heavy atom. The lowest BCUT2D eigenvalue weighted by molar-refractivity contribution is 0.0754. The fraction of sp³-hybridized carbons (Fsp3) is 0.500. The quantitative estimate of drug-likeness (QED) is 0.912. The number of nitriles is 1. The van der Waals surface area contributed by atoms with Crippen molar-refractivity contribution in [3.05, 3.63) is 19.8 Å². The summed E-state index contributed by atoms with van der Waals surface area (Å²) in [5.74, 6) is 0. The van der Waals surface area contributed by atoms with E-state index in [0.29, 0.717) is 10.8 Å². The Labute approximate surface area is 107 Å². The van der Waals surface area contributed by atoms with Crippen molar-refractivity contribution in [2.75, 3.05) is 0 Å². The minimum atomic E-state index is -0.790. The van der Waals surface area contributed by atoms with Crippen molar-refractivity contribution in [3.63, 3.8) is 0 Å². The SMILES string of the molecule is CCC(C)(C#N)C(O)c1cc(Br)c(Cl)s1. The van der Waals surface area contributed by atoms with Gasteiger partial charge in [0.2, 0.25) is 0 Å². The van der Waals surface area contributed by atoms with E-state index in [2.05, 4.69) is 22.0 Å². The zero-order valence-corrected chi connectivity index (χ0v) is 11.6. The normalized spacial score (nSPS) is 16.8. The molecule has 0 aliphatic heterocycles. The monoisotopic (exact) mass is 307 g/mol. The molecule has 1 aromatic heterocycles. The van der Waals surface area contributed by atoms with E-state index >= 15 is 0 Å². The summed E-state index contributed by atoms with van der Waals surface area (Å²) in [6.07, 6.45) is -0.195.